The van der Waals surface area contributed by atoms with Gasteiger partial charge in [0.15, 0.2) is 11.3 Å². The first-order valence-corrected chi connectivity index (χ1v) is 14.9. The smallest absolute Gasteiger partial charge is 0.276 e. The van der Waals surface area contributed by atoms with E-state index in [-0.39, 0.29) is 43.3 Å². The fourth-order valence-electron chi connectivity index (χ4n) is 7.78. The summed E-state index contributed by atoms with van der Waals surface area (Å²) >= 11 is 0. The van der Waals surface area contributed by atoms with Crippen LogP contribution in [0.3, 0.4) is 0 Å². The van der Waals surface area contributed by atoms with Crippen molar-refractivity contribution in [3.8, 4) is 0 Å². The number of nitrogens with one attached hydrogen (secondary N) is 2. The second-order valence-electron chi connectivity index (χ2n) is 13.4. The van der Waals surface area contributed by atoms with Gasteiger partial charge in [0.1, 0.15) is 17.2 Å². The second-order valence-corrected chi connectivity index (χ2v) is 13.4. The van der Waals surface area contributed by atoms with Crippen LogP contribution in [-0.4, -0.2) is 60.1 Å². The fourth-order valence-corrected chi connectivity index (χ4v) is 7.78. The summed E-state index contributed by atoms with van der Waals surface area (Å²) in [4.78, 5) is 41.0. The Bertz CT molecular complexity index is 1560. The van der Waals surface area contributed by atoms with E-state index < -0.39 is 47.8 Å². The Kier molecular flexibility index (Phi) is 5.45. The topological polar surface area (TPSA) is 130 Å². The molecule has 2 N–H and O–H groups in total. The van der Waals surface area contributed by atoms with Crippen molar-refractivity contribution in [1.82, 2.24) is 35.5 Å². The predicted octanol–water partition coefficient (Wildman–Crippen LogP) is 4.75. The van der Waals surface area contributed by atoms with Gasteiger partial charge in [-0.05, 0) is 86.9 Å². The number of H-pyrrole nitrogens is 1. The van der Waals surface area contributed by atoms with Crippen LogP contribution in [-0.2, 0) is 4.79 Å². The number of nitrogens with zero attached hydrogens (tertiary/aromatic N) is 5. The number of aromatic nitrogens is 5. The molecule has 6 aliphatic rings. The number of halogens is 3. The molecule has 0 spiro atoms. The molecule has 2 amide bonds. The third kappa shape index (κ3) is 4.21. The van der Waals surface area contributed by atoms with Gasteiger partial charge in [-0.2, -0.15) is 0 Å². The monoisotopic (exact) mass is 583 g/mol. The first-order chi connectivity index (χ1) is 20.0. The van der Waals surface area contributed by atoms with Gasteiger partial charge in [0.2, 0.25) is 5.91 Å². The Labute approximate surface area is 239 Å². The molecule has 5 saturated carbocycles. The molecule has 2 bridgehead atoms. The SMILES string of the molecule is Cc1nonc1C(=O)NC(c1nc2nc(C3CC(F)(F)CCN3C(=O)C34CC(F)(C3)C4)ccc2[nH]1)C(C1CC1)C1CC1. The Hall–Kier alpha value is -3.51. The molecule has 9 rings (SSSR count). The zero-order chi connectivity index (χ0) is 29.0. The maximum Gasteiger partial charge on any atom is 0.276 e. The molecule has 2 unspecified atom stereocenters. The summed E-state index contributed by atoms with van der Waals surface area (Å²) < 4.78 is 48.3. The van der Waals surface area contributed by atoms with Crippen molar-refractivity contribution in [3.05, 3.63) is 35.0 Å². The number of piperidine rings is 1. The van der Waals surface area contributed by atoms with Gasteiger partial charge < -0.3 is 15.2 Å². The molecule has 5 aliphatic carbocycles. The maximum absolute atomic E-state index is 14.7. The summed E-state index contributed by atoms with van der Waals surface area (Å²) in [6.45, 7) is 1.55. The van der Waals surface area contributed by atoms with Gasteiger partial charge in [0.25, 0.3) is 11.8 Å². The highest BCUT2D eigenvalue weighted by Gasteiger charge is 2.74. The van der Waals surface area contributed by atoms with Gasteiger partial charge >= 0.3 is 0 Å². The van der Waals surface area contributed by atoms with Gasteiger partial charge in [-0.15, -0.1) is 0 Å². The van der Waals surface area contributed by atoms with Crippen LogP contribution in [0.2, 0.25) is 0 Å². The zero-order valence-electron chi connectivity index (χ0n) is 23.2. The number of carbonyl (C=O) groups is 2. The number of fused-ring (bicyclic) bond motifs is 1. The Balaban J connectivity index is 1.12. The molecule has 3 aromatic heterocycles. The van der Waals surface area contributed by atoms with Gasteiger partial charge in [-0.25, -0.2) is 27.8 Å². The number of aromatic amines is 1. The van der Waals surface area contributed by atoms with Gasteiger partial charge in [-0.3, -0.25) is 9.59 Å². The number of amides is 2. The zero-order valence-corrected chi connectivity index (χ0v) is 23.2. The highest BCUT2D eigenvalue weighted by molar-refractivity contribution is 5.93. The molecular formula is C29H32F3N7O3. The van der Waals surface area contributed by atoms with Crippen LogP contribution in [0.15, 0.2) is 16.8 Å². The molecule has 3 aromatic rings. The van der Waals surface area contributed by atoms with Crippen molar-refractivity contribution in [2.24, 2.45) is 23.2 Å². The lowest BCUT2D eigenvalue weighted by atomic mass is 9.41. The Morgan fingerprint density at radius 2 is 1.79 bits per heavy atom. The largest absolute Gasteiger partial charge is 0.340 e. The Morgan fingerprint density at radius 1 is 1.07 bits per heavy atom. The van der Waals surface area contributed by atoms with E-state index in [0.717, 1.165) is 25.7 Å². The third-order valence-electron chi connectivity index (χ3n) is 10.2. The van der Waals surface area contributed by atoms with Crippen LogP contribution < -0.4 is 5.32 Å². The molecule has 1 aliphatic heterocycles. The van der Waals surface area contributed by atoms with E-state index in [9.17, 15) is 22.8 Å². The molecule has 6 fully saturated rings. The van der Waals surface area contributed by atoms with Gasteiger partial charge in [0, 0.05) is 19.4 Å². The minimum Gasteiger partial charge on any atom is -0.340 e. The summed E-state index contributed by atoms with van der Waals surface area (Å²) in [5, 5.41) is 10.6. The van der Waals surface area contributed by atoms with E-state index in [1.807, 2.05) is 0 Å². The van der Waals surface area contributed by atoms with Gasteiger partial charge in [0.05, 0.1) is 28.7 Å². The van der Waals surface area contributed by atoms with Crippen molar-refractivity contribution in [2.45, 2.75) is 88.4 Å². The summed E-state index contributed by atoms with van der Waals surface area (Å²) in [6.07, 6.45) is 3.91. The number of hydrogen-bond acceptors (Lipinski definition) is 7. The van der Waals surface area contributed by atoms with Crippen LogP contribution in [0.4, 0.5) is 13.2 Å². The van der Waals surface area contributed by atoms with Crippen LogP contribution in [0.25, 0.3) is 11.2 Å². The van der Waals surface area contributed by atoms with E-state index in [1.54, 1.807) is 19.1 Å². The number of pyridine rings is 1. The lowest BCUT2D eigenvalue weighted by Crippen LogP contribution is -2.71. The maximum atomic E-state index is 14.7. The number of likely N-dealkylation sites (tertiary alicyclic amines) is 1. The van der Waals surface area contributed by atoms with Crippen LogP contribution >= 0.6 is 0 Å². The van der Waals surface area contributed by atoms with Crippen molar-refractivity contribution in [3.63, 3.8) is 0 Å². The number of carbonyl (C=O) groups excluding carboxylic acids is 2. The summed E-state index contributed by atoms with van der Waals surface area (Å²) in [7, 11) is 0. The van der Waals surface area contributed by atoms with Gasteiger partial charge in [-0.1, -0.05) is 5.16 Å². The number of rotatable bonds is 8. The van der Waals surface area contributed by atoms with E-state index in [4.69, 9.17) is 9.61 Å². The average molecular weight is 584 g/mol. The molecule has 1 saturated heterocycles. The van der Waals surface area contributed by atoms with E-state index in [0.29, 0.717) is 40.2 Å². The number of imidazole rings is 1. The van der Waals surface area contributed by atoms with Crippen molar-refractivity contribution >= 4 is 23.0 Å². The highest BCUT2D eigenvalue weighted by Crippen LogP contribution is 2.70. The minimum atomic E-state index is -2.94. The van der Waals surface area contributed by atoms with Crippen molar-refractivity contribution < 1.29 is 27.4 Å². The molecular weight excluding hydrogens is 551 g/mol. The third-order valence-corrected chi connectivity index (χ3v) is 10.2. The predicted molar refractivity (Wildman–Crippen MR) is 141 cm³/mol. The fraction of sp³-hybridized carbons (Fsp3) is 0.655. The molecule has 0 aromatic carbocycles. The molecule has 2 atom stereocenters. The number of alkyl halides is 3. The molecule has 10 nitrogen and oxygen atoms in total. The lowest BCUT2D eigenvalue weighted by molar-refractivity contribution is -0.227. The average Bonchev–Trinajstić information content (AvgIpc) is 3.84. The minimum absolute atomic E-state index is 0.0993. The highest BCUT2D eigenvalue weighted by atomic mass is 19.3. The van der Waals surface area contributed by atoms with Crippen LogP contribution in [0, 0.1) is 30.1 Å². The summed E-state index contributed by atoms with van der Waals surface area (Å²) in [5.74, 6) is -1.91. The summed E-state index contributed by atoms with van der Waals surface area (Å²) in [5.41, 5.74) is -0.236. The molecule has 0 radical (unpaired) electrons. The van der Waals surface area contributed by atoms with Crippen molar-refractivity contribution in [2.75, 3.05) is 6.54 Å². The normalized spacial score (nSPS) is 30.6. The first kappa shape index (κ1) is 26.1. The quantitative estimate of drug-likeness (QED) is 0.392. The molecule has 222 valence electrons. The molecule has 42 heavy (non-hydrogen) atoms. The second kappa shape index (κ2) is 8.76. The summed E-state index contributed by atoms with van der Waals surface area (Å²) in [6, 6.07) is 2.04. The standard InChI is InChI=1S/C29H32F3N7O3/c1-14-21(38-42-37-14)25(40)35-22(20(15-2-3-15)16-4-5-16)24-34-18-7-6-17(33-23(18)36-24)19-10-29(31,32)8-9-39(19)26(41)27-11-28(30,12-27)13-27/h6-7,15-16,19-20,22H,2-5,8-13H2,1H3,(H,35,40)(H,33,34,36). The van der Waals surface area contributed by atoms with Crippen LogP contribution in [0.5, 0.6) is 0 Å². The van der Waals surface area contributed by atoms with E-state index in [2.05, 4.69) is 25.6 Å². The van der Waals surface area contributed by atoms with E-state index >= 15 is 0 Å². The molecule has 13 heteroatoms. The van der Waals surface area contributed by atoms with Crippen LogP contribution in [0.1, 0.15) is 97.6 Å². The van der Waals surface area contributed by atoms with E-state index in [1.165, 1.54) is 4.90 Å². The molecule has 4 heterocycles. The first-order valence-electron chi connectivity index (χ1n) is 14.9. The number of aryl methyl sites for hydroxylation is 1. The Morgan fingerprint density at radius 3 is 2.40 bits per heavy atom. The lowest BCUT2D eigenvalue weighted by Gasteiger charge is -2.65. The number of hydrogen-bond donors (Lipinski definition) is 2. The van der Waals surface area contributed by atoms with Crippen molar-refractivity contribution in [1.29, 1.82) is 0 Å².